The van der Waals surface area contributed by atoms with E-state index in [1.807, 2.05) is 18.2 Å². The fraction of sp³-hybridized carbons (Fsp3) is 0.333. The summed E-state index contributed by atoms with van der Waals surface area (Å²) in [4.78, 5) is 23.2. The van der Waals surface area contributed by atoms with Gasteiger partial charge < -0.3 is 19.7 Å². The number of piperazine rings is 1. The van der Waals surface area contributed by atoms with Crippen LogP contribution in [-0.4, -0.2) is 78.9 Å². The molecule has 3 rings (SSSR count). The molecule has 0 amide bonds. The van der Waals surface area contributed by atoms with Crippen molar-refractivity contribution < 1.29 is 29.3 Å². The van der Waals surface area contributed by atoms with Crippen molar-refractivity contribution in [2.24, 2.45) is 0 Å². The summed E-state index contributed by atoms with van der Waals surface area (Å²) in [6.07, 6.45) is 4.46. The maximum atomic E-state index is 9.10. The molecule has 32 heavy (non-hydrogen) atoms. The maximum absolute atomic E-state index is 9.10. The Kier molecular flexibility index (Phi) is 10.2. The molecule has 1 aliphatic rings. The van der Waals surface area contributed by atoms with Gasteiger partial charge >= 0.3 is 11.9 Å². The molecule has 0 aliphatic carbocycles. The van der Waals surface area contributed by atoms with Crippen LogP contribution in [0.5, 0.6) is 11.5 Å². The summed E-state index contributed by atoms with van der Waals surface area (Å²) >= 11 is 0. The number of hydrogen-bond acceptors (Lipinski definition) is 6. The molecule has 8 heteroatoms. The Morgan fingerprint density at radius 2 is 1.53 bits per heavy atom. The van der Waals surface area contributed by atoms with Crippen LogP contribution in [0.2, 0.25) is 0 Å². The van der Waals surface area contributed by atoms with Crippen molar-refractivity contribution in [3.63, 3.8) is 0 Å². The number of hydrogen-bond donors (Lipinski definition) is 2. The molecular formula is C24H30N2O6. The Balaban J connectivity index is 0.000000534. The standard InChI is InChI=1S/C22H28N2O2.C2H2O4/c1-25-21-11-10-20(22(17-21)26-2)18-24-15-13-23(14-16-24)12-6-9-19-7-4-3-5-8-19;3-1(4)2(5)6/h3-11,17H,12-16,18H2,1-2H3;(H,3,4)(H,5,6)/b9-6+;. The highest BCUT2D eigenvalue weighted by molar-refractivity contribution is 6.27. The minimum Gasteiger partial charge on any atom is -0.497 e. The van der Waals surface area contributed by atoms with Gasteiger partial charge in [-0.05, 0) is 11.6 Å². The highest BCUT2D eigenvalue weighted by Gasteiger charge is 2.17. The van der Waals surface area contributed by atoms with Crippen LogP contribution in [0.25, 0.3) is 6.08 Å². The van der Waals surface area contributed by atoms with Crippen molar-refractivity contribution in [2.75, 3.05) is 46.9 Å². The molecule has 0 bridgehead atoms. The van der Waals surface area contributed by atoms with Gasteiger partial charge in [0.1, 0.15) is 11.5 Å². The molecule has 0 spiro atoms. The second-order valence-corrected chi connectivity index (χ2v) is 7.18. The molecule has 0 saturated carbocycles. The number of rotatable bonds is 7. The van der Waals surface area contributed by atoms with Crippen LogP contribution in [0.3, 0.4) is 0 Å². The van der Waals surface area contributed by atoms with E-state index in [9.17, 15) is 0 Å². The van der Waals surface area contributed by atoms with E-state index < -0.39 is 11.9 Å². The Morgan fingerprint density at radius 1 is 0.906 bits per heavy atom. The molecule has 0 atom stereocenters. The van der Waals surface area contributed by atoms with E-state index in [1.165, 1.54) is 11.1 Å². The van der Waals surface area contributed by atoms with Gasteiger partial charge in [0.25, 0.3) is 0 Å². The first-order valence-electron chi connectivity index (χ1n) is 10.3. The van der Waals surface area contributed by atoms with Gasteiger partial charge in [-0.15, -0.1) is 0 Å². The first kappa shape index (κ1) is 24.9. The molecule has 2 aromatic carbocycles. The smallest absolute Gasteiger partial charge is 0.414 e. The van der Waals surface area contributed by atoms with Crippen LogP contribution < -0.4 is 9.47 Å². The number of ether oxygens (including phenoxy) is 2. The maximum Gasteiger partial charge on any atom is 0.414 e. The van der Waals surface area contributed by atoms with E-state index in [1.54, 1.807) is 14.2 Å². The van der Waals surface area contributed by atoms with Crippen molar-refractivity contribution in [2.45, 2.75) is 6.54 Å². The highest BCUT2D eigenvalue weighted by atomic mass is 16.5. The van der Waals surface area contributed by atoms with E-state index in [4.69, 9.17) is 29.3 Å². The van der Waals surface area contributed by atoms with Gasteiger partial charge in [0, 0.05) is 50.9 Å². The molecule has 1 aliphatic heterocycles. The Bertz CT molecular complexity index is 881. The molecule has 1 saturated heterocycles. The van der Waals surface area contributed by atoms with Gasteiger partial charge in [-0.25, -0.2) is 9.59 Å². The van der Waals surface area contributed by atoms with Crippen molar-refractivity contribution >= 4 is 18.0 Å². The fourth-order valence-electron chi connectivity index (χ4n) is 3.26. The van der Waals surface area contributed by atoms with Gasteiger partial charge in [-0.1, -0.05) is 48.6 Å². The second kappa shape index (κ2) is 13.1. The van der Waals surface area contributed by atoms with Crippen LogP contribution in [0.1, 0.15) is 11.1 Å². The third kappa shape index (κ3) is 8.41. The SMILES string of the molecule is COc1ccc(CN2CCN(C/C=C/c3ccccc3)CC2)c(OC)c1.O=C(O)C(=O)O. The van der Waals surface area contributed by atoms with E-state index in [0.717, 1.165) is 50.8 Å². The Labute approximate surface area is 188 Å². The van der Waals surface area contributed by atoms with Crippen molar-refractivity contribution in [1.82, 2.24) is 9.80 Å². The number of benzene rings is 2. The minimum absolute atomic E-state index is 0.834. The molecule has 8 nitrogen and oxygen atoms in total. The van der Waals surface area contributed by atoms with Gasteiger partial charge in [0.2, 0.25) is 0 Å². The lowest BCUT2D eigenvalue weighted by Crippen LogP contribution is -2.45. The van der Waals surface area contributed by atoms with Gasteiger partial charge in [0.05, 0.1) is 14.2 Å². The van der Waals surface area contributed by atoms with Gasteiger partial charge in [-0.3, -0.25) is 9.80 Å². The molecular weight excluding hydrogens is 412 g/mol. The summed E-state index contributed by atoms with van der Waals surface area (Å²) < 4.78 is 10.8. The molecule has 2 N–H and O–H groups in total. The lowest BCUT2D eigenvalue weighted by molar-refractivity contribution is -0.159. The second-order valence-electron chi connectivity index (χ2n) is 7.18. The van der Waals surface area contributed by atoms with Crippen molar-refractivity contribution in [3.05, 3.63) is 65.7 Å². The van der Waals surface area contributed by atoms with Crippen LogP contribution in [0, 0.1) is 0 Å². The van der Waals surface area contributed by atoms with Crippen molar-refractivity contribution in [3.8, 4) is 11.5 Å². The summed E-state index contributed by atoms with van der Waals surface area (Å²) in [5.41, 5.74) is 2.48. The summed E-state index contributed by atoms with van der Waals surface area (Å²) in [5.74, 6) is -1.91. The van der Waals surface area contributed by atoms with Gasteiger partial charge in [0.15, 0.2) is 0 Å². The number of carboxylic acid groups (broad SMARTS) is 2. The quantitative estimate of drug-likeness (QED) is 0.632. The summed E-state index contributed by atoms with van der Waals surface area (Å²) in [5, 5.41) is 14.8. The Hall–Kier alpha value is -3.36. The normalized spacial score (nSPS) is 14.4. The van der Waals surface area contributed by atoms with Crippen LogP contribution in [0.4, 0.5) is 0 Å². The summed E-state index contributed by atoms with van der Waals surface area (Å²) in [6, 6.07) is 16.5. The molecule has 1 heterocycles. The number of aliphatic carboxylic acids is 2. The molecule has 2 aromatic rings. The monoisotopic (exact) mass is 442 g/mol. The molecule has 0 aromatic heterocycles. The number of nitrogens with zero attached hydrogens (tertiary/aromatic N) is 2. The zero-order valence-electron chi connectivity index (χ0n) is 18.4. The zero-order chi connectivity index (χ0) is 23.3. The van der Waals surface area contributed by atoms with E-state index in [2.05, 4.69) is 52.3 Å². The fourth-order valence-corrected chi connectivity index (χ4v) is 3.26. The predicted octanol–water partition coefficient (Wildman–Crippen LogP) is 2.69. The average Bonchev–Trinajstić information content (AvgIpc) is 2.81. The van der Waals surface area contributed by atoms with E-state index in [-0.39, 0.29) is 0 Å². The molecule has 172 valence electrons. The molecule has 1 fully saturated rings. The first-order valence-corrected chi connectivity index (χ1v) is 10.3. The van der Waals surface area contributed by atoms with E-state index >= 15 is 0 Å². The van der Waals surface area contributed by atoms with E-state index in [0.29, 0.717) is 0 Å². The molecule has 0 unspecified atom stereocenters. The first-order chi connectivity index (χ1) is 15.4. The summed E-state index contributed by atoms with van der Waals surface area (Å²) in [7, 11) is 3.40. The molecule has 0 radical (unpaired) electrons. The third-order valence-corrected chi connectivity index (χ3v) is 5.01. The largest absolute Gasteiger partial charge is 0.497 e. The average molecular weight is 443 g/mol. The summed E-state index contributed by atoms with van der Waals surface area (Å²) in [6.45, 7) is 6.27. The zero-order valence-corrected chi connectivity index (χ0v) is 18.4. The third-order valence-electron chi connectivity index (χ3n) is 5.01. The lowest BCUT2D eigenvalue weighted by atomic mass is 10.1. The van der Waals surface area contributed by atoms with Crippen LogP contribution >= 0.6 is 0 Å². The predicted molar refractivity (Wildman–Crippen MR) is 122 cm³/mol. The highest BCUT2D eigenvalue weighted by Crippen LogP contribution is 2.26. The Morgan fingerprint density at radius 3 is 2.09 bits per heavy atom. The number of carboxylic acids is 2. The lowest BCUT2D eigenvalue weighted by Gasteiger charge is -2.34. The van der Waals surface area contributed by atoms with Crippen LogP contribution in [0.15, 0.2) is 54.6 Å². The minimum atomic E-state index is -1.82. The number of carbonyl (C=O) groups is 2. The van der Waals surface area contributed by atoms with Crippen LogP contribution in [-0.2, 0) is 16.1 Å². The van der Waals surface area contributed by atoms with Gasteiger partial charge in [-0.2, -0.15) is 0 Å². The topological polar surface area (TPSA) is 99.5 Å². The van der Waals surface area contributed by atoms with Crippen molar-refractivity contribution in [1.29, 1.82) is 0 Å². The number of methoxy groups -OCH3 is 2.